The minimum atomic E-state index is 0.550. The molecule has 4 nitrogen and oxygen atoms in total. The van der Waals surface area contributed by atoms with Crippen molar-refractivity contribution in [2.24, 2.45) is 0 Å². The molecule has 0 aliphatic carbocycles. The molecule has 5 heteroatoms. The van der Waals surface area contributed by atoms with Crippen molar-refractivity contribution in [2.75, 3.05) is 13.7 Å². The topological polar surface area (TPSA) is 38.5 Å². The van der Waals surface area contributed by atoms with Gasteiger partial charge in [0, 0.05) is 12.6 Å². The Labute approximate surface area is 152 Å². The molecule has 1 atom stereocenters. The molecule has 25 heavy (non-hydrogen) atoms. The highest BCUT2D eigenvalue weighted by Crippen LogP contribution is 2.27. The average molecular weight is 354 g/mol. The van der Waals surface area contributed by atoms with Crippen LogP contribution >= 0.6 is 11.3 Å². The summed E-state index contributed by atoms with van der Waals surface area (Å²) in [6.07, 6.45) is 5.32. The molecule has 1 fully saturated rings. The molecule has 4 rings (SSSR count). The van der Waals surface area contributed by atoms with Gasteiger partial charge in [-0.3, -0.25) is 4.90 Å². The maximum atomic E-state index is 5.66. The van der Waals surface area contributed by atoms with Gasteiger partial charge in [0.2, 0.25) is 5.89 Å². The summed E-state index contributed by atoms with van der Waals surface area (Å²) in [5, 5.41) is 2.05. The van der Waals surface area contributed by atoms with Gasteiger partial charge in [-0.1, -0.05) is 18.2 Å². The van der Waals surface area contributed by atoms with Gasteiger partial charge in [-0.25, -0.2) is 4.98 Å². The first-order valence-corrected chi connectivity index (χ1v) is 9.55. The number of oxazole rings is 1. The van der Waals surface area contributed by atoms with Crippen LogP contribution in [-0.4, -0.2) is 29.6 Å². The normalized spacial score (nSPS) is 17.9. The second-order valence-electron chi connectivity index (χ2n) is 6.44. The monoisotopic (exact) mass is 354 g/mol. The zero-order valence-corrected chi connectivity index (χ0v) is 15.2. The fourth-order valence-electron chi connectivity index (χ4n) is 3.51. The van der Waals surface area contributed by atoms with E-state index in [0.29, 0.717) is 6.04 Å². The van der Waals surface area contributed by atoms with Gasteiger partial charge in [-0.2, -0.15) is 0 Å². The van der Waals surface area contributed by atoms with Crippen molar-refractivity contribution in [1.29, 1.82) is 0 Å². The molecule has 130 valence electrons. The van der Waals surface area contributed by atoms with Crippen LogP contribution in [0.2, 0.25) is 0 Å². The number of ether oxygens (including phenoxy) is 1. The lowest BCUT2D eigenvalue weighted by Crippen LogP contribution is -2.30. The van der Waals surface area contributed by atoms with E-state index in [1.165, 1.54) is 18.4 Å². The third-order valence-electron chi connectivity index (χ3n) is 4.75. The number of hydrogen-bond donors (Lipinski definition) is 0. The Morgan fingerprint density at radius 3 is 3.12 bits per heavy atom. The molecule has 0 saturated carbocycles. The zero-order valence-electron chi connectivity index (χ0n) is 14.4. The lowest BCUT2D eigenvalue weighted by molar-refractivity contribution is 0.241. The highest BCUT2D eigenvalue weighted by atomic mass is 32.1. The van der Waals surface area contributed by atoms with Gasteiger partial charge >= 0.3 is 0 Å². The van der Waals surface area contributed by atoms with Crippen molar-refractivity contribution < 1.29 is 9.15 Å². The number of nitrogens with zero attached hydrogens (tertiary/aromatic N) is 2. The van der Waals surface area contributed by atoms with Crippen molar-refractivity contribution >= 4 is 11.3 Å². The van der Waals surface area contributed by atoms with Gasteiger partial charge in [0.25, 0.3) is 0 Å². The Kier molecular flexibility index (Phi) is 4.85. The van der Waals surface area contributed by atoms with Gasteiger partial charge in [0.15, 0.2) is 0 Å². The molecule has 1 aliphatic heterocycles. The zero-order chi connectivity index (χ0) is 17.1. The minimum Gasteiger partial charge on any atom is -0.497 e. The molecule has 0 amide bonds. The quantitative estimate of drug-likeness (QED) is 0.647. The molecule has 0 N–H and O–H groups in total. The largest absolute Gasteiger partial charge is 0.497 e. The van der Waals surface area contributed by atoms with E-state index < -0.39 is 0 Å². The van der Waals surface area contributed by atoms with Crippen LogP contribution in [0.5, 0.6) is 5.75 Å². The number of benzene rings is 1. The lowest BCUT2D eigenvalue weighted by atomic mass is 10.0. The van der Waals surface area contributed by atoms with Crippen LogP contribution in [-0.2, 0) is 13.0 Å². The van der Waals surface area contributed by atoms with E-state index >= 15 is 0 Å². The maximum Gasteiger partial charge on any atom is 0.236 e. The van der Waals surface area contributed by atoms with Gasteiger partial charge in [-0.15, -0.1) is 11.3 Å². The number of rotatable bonds is 6. The third-order valence-corrected chi connectivity index (χ3v) is 5.61. The summed E-state index contributed by atoms with van der Waals surface area (Å²) in [5.74, 6) is 1.66. The molecule has 3 aromatic rings. The van der Waals surface area contributed by atoms with E-state index in [0.717, 1.165) is 41.7 Å². The summed E-state index contributed by atoms with van der Waals surface area (Å²) in [5.41, 5.74) is 2.34. The second-order valence-corrected chi connectivity index (χ2v) is 7.39. The first-order chi connectivity index (χ1) is 12.3. The minimum absolute atomic E-state index is 0.550. The highest BCUT2D eigenvalue weighted by Gasteiger charge is 2.25. The number of methoxy groups -OCH3 is 1. The summed E-state index contributed by atoms with van der Waals surface area (Å²) in [6, 6.07) is 13.0. The Morgan fingerprint density at radius 1 is 1.32 bits per heavy atom. The lowest BCUT2D eigenvalue weighted by Gasteiger charge is -2.23. The van der Waals surface area contributed by atoms with Crippen LogP contribution in [0.25, 0.3) is 10.8 Å². The van der Waals surface area contributed by atoms with Gasteiger partial charge in [-0.05, 0) is 54.9 Å². The van der Waals surface area contributed by atoms with Crippen LogP contribution in [0.1, 0.15) is 24.1 Å². The van der Waals surface area contributed by atoms with Gasteiger partial charge in [0.05, 0.1) is 17.7 Å². The van der Waals surface area contributed by atoms with Crippen molar-refractivity contribution in [3.63, 3.8) is 0 Å². The van der Waals surface area contributed by atoms with E-state index in [-0.39, 0.29) is 0 Å². The molecule has 2 aromatic heterocycles. The number of aromatic nitrogens is 1. The maximum absolute atomic E-state index is 5.66. The summed E-state index contributed by atoms with van der Waals surface area (Å²) in [7, 11) is 1.72. The van der Waals surface area contributed by atoms with Crippen molar-refractivity contribution in [2.45, 2.75) is 31.8 Å². The molecule has 0 bridgehead atoms. The smallest absolute Gasteiger partial charge is 0.236 e. The molecule has 0 radical (unpaired) electrons. The Balaban J connectivity index is 1.43. The molecular formula is C20H22N2O2S. The summed E-state index contributed by atoms with van der Waals surface area (Å²) >= 11 is 1.66. The highest BCUT2D eigenvalue weighted by molar-refractivity contribution is 7.13. The molecule has 0 spiro atoms. The Bertz CT molecular complexity index is 813. The third kappa shape index (κ3) is 3.78. The number of hydrogen-bond acceptors (Lipinski definition) is 5. The second kappa shape index (κ2) is 7.42. The van der Waals surface area contributed by atoms with E-state index in [4.69, 9.17) is 9.15 Å². The number of likely N-dealkylation sites (tertiary alicyclic amines) is 1. The molecular weight excluding hydrogens is 332 g/mol. The van der Waals surface area contributed by atoms with Crippen LogP contribution in [0.3, 0.4) is 0 Å². The molecule has 0 unspecified atom stereocenters. The van der Waals surface area contributed by atoms with Crippen LogP contribution < -0.4 is 4.74 Å². The SMILES string of the molecule is COc1cccc(C[C@@H]2CCCN2Cc2coc(-c3cccs3)n2)c1. The Morgan fingerprint density at radius 2 is 2.28 bits per heavy atom. The van der Waals surface area contributed by atoms with E-state index in [1.807, 2.05) is 23.6 Å². The van der Waals surface area contributed by atoms with Gasteiger partial charge in [0.1, 0.15) is 12.0 Å². The van der Waals surface area contributed by atoms with Crippen LogP contribution in [0.15, 0.2) is 52.5 Å². The van der Waals surface area contributed by atoms with Crippen molar-refractivity contribution in [1.82, 2.24) is 9.88 Å². The van der Waals surface area contributed by atoms with Crippen molar-refractivity contribution in [3.8, 4) is 16.5 Å². The van der Waals surface area contributed by atoms with Gasteiger partial charge < -0.3 is 9.15 Å². The van der Waals surface area contributed by atoms with Crippen LogP contribution in [0.4, 0.5) is 0 Å². The fraction of sp³-hybridized carbons (Fsp3) is 0.350. The first kappa shape index (κ1) is 16.4. The number of thiophene rings is 1. The fourth-order valence-corrected chi connectivity index (χ4v) is 4.16. The molecule has 1 aromatic carbocycles. The summed E-state index contributed by atoms with van der Waals surface area (Å²) in [6.45, 7) is 1.97. The van der Waals surface area contributed by atoms with Crippen molar-refractivity contribution in [3.05, 3.63) is 59.3 Å². The standard InChI is InChI=1S/C20H22N2O2S/c1-23-18-7-2-5-15(12-18)11-17-6-3-9-22(17)13-16-14-24-20(21-16)19-8-4-10-25-19/h2,4-5,7-8,10,12,14,17H,3,6,9,11,13H2,1H3/t17-/m0/s1. The van der Waals surface area contributed by atoms with Crippen LogP contribution in [0, 0.1) is 0 Å². The molecule has 1 aliphatic rings. The summed E-state index contributed by atoms with van der Waals surface area (Å²) < 4.78 is 11.0. The summed E-state index contributed by atoms with van der Waals surface area (Å²) in [4.78, 5) is 8.27. The predicted octanol–water partition coefficient (Wildman–Crippen LogP) is 4.62. The predicted molar refractivity (Wildman–Crippen MR) is 99.9 cm³/mol. The molecule has 3 heterocycles. The average Bonchev–Trinajstić information content (AvgIpc) is 3.38. The van der Waals surface area contributed by atoms with E-state index in [2.05, 4.69) is 28.1 Å². The van der Waals surface area contributed by atoms with E-state index in [1.54, 1.807) is 24.7 Å². The molecule has 1 saturated heterocycles. The Hall–Kier alpha value is -2.11. The first-order valence-electron chi connectivity index (χ1n) is 8.67. The van der Waals surface area contributed by atoms with E-state index in [9.17, 15) is 0 Å².